The number of aromatic amines is 1. The fourth-order valence-corrected chi connectivity index (χ4v) is 7.60. The van der Waals surface area contributed by atoms with Crippen LogP contribution in [-0.4, -0.2) is 63.5 Å². The zero-order valence-corrected chi connectivity index (χ0v) is 22.5. The van der Waals surface area contributed by atoms with Crippen LogP contribution in [0.1, 0.15) is 48.8 Å². The van der Waals surface area contributed by atoms with E-state index in [-0.39, 0.29) is 12.1 Å². The number of carbonyl (C=O) groups excluding carboxylic acids is 2. The first kappa shape index (κ1) is 23.7. The molecule has 4 atom stereocenters. The zero-order chi connectivity index (χ0) is 26.0. The van der Waals surface area contributed by atoms with E-state index in [0.29, 0.717) is 24.1 Å². The topological polar surface area (TPSA) is 98.1 Å². The van der Waals surface area contributed by atoms with Crippen LogP contribution in [0.4, 0.5) is 5.69 Å². The quantitative estimate of drug-likeness (QED) is 0.268. The van der Waals surface area contributed by atoms with Gasteiger partial charge in [-0.15, -0.1) is 11.3 Å². The van der Waals surface area contributed by atoms with Gasteiger partial charge in [0, 0.05) is 18.9 Å². The molecular weight excluding hydrogens is 498 g/mol. The molecule has 7 rings (SSSR count). The van der Waals surface area contributed by atoms with Gasteiger partial charge in [0.05, 0.1) is 39.4 Å². The molecule has 0 unspecified atom stereocenters. The third-order valence-corrected chi connectivity index (χ3v) is 9.67. The van der Waals surface area contributed by atoms with Crippen molar-refractivity contribution in [3.8, 4) is 0 Å². The Morgan fingerprint density at radius 3 is 2.92 bits per heavy atom. The lowest BCUT2D eigenvalue weighted by atomic mass is 9.88. The van der Waals surface area contributed by atoms with Gasteiger partial charge < -0.3 is 15.1 Å². The second-order valence-corrected chi connectivity index (χ2v) is 12.5. The number of benzene rings is 1. The minimum absolute atomic E-state index is 0.141. The maximum absolute atomic E-state index is 13.7. The largest absolute Gasteiger partial charge is 0.327 e. The monoisotopic (exact) mass is 530 g/mol. The molecule has 0 spiro atoms. The Labute approximate surface area is 224 Å². The molecule has 1 aromatic carbocycles. The van der Waals surface area contributed by atoms with Crippen LogP contribution >= 0.6 is 11.3 Å². The standard InChI is InChI=1S/C28H31N7O2S/c1-16-3-5-22-17-4-6-24-20(9-17)30-25(38-24)10-18-7-8-33(2)15-23(18)34-13-19-11-29-32-26(19)21(14-34)31-27(36)28(37)35(22)12-16/h4,6,9,11,13-14,16,18,22-23H,3,5,7-8,10,12,15H2,1-2H3,(H,31,36)/p+1/t16-,18-,22+,23+/m0/s1. The highest BCUT2D eigenvalue weighted by atomic mass is 32.1. The molecule has 4 aromatic rings. The highest BCUT2D eigenvalue weighted by Crippen LogP contribution is 2.37. The number of rotatable bonds is 0. The molecule has 9 nitrogen and oxygen atoms in total. The van der Waals surface area contributed by atoms with Gasteiger partial charge in [-0.3, -0.25) is 14.7 Å². The summed E-state index contributed by atoms with van der Waals surface area (Å²) in [7, 11) is 2.16. The normalized spacial score (nSPS) is 26.6. The molecule has 3 aliphatic rings. The fraction of sp³-hybridized carbons (Fsp3) is 0.464. The van der Waals surface area contributed by atoms with Gasteiger partial charge >= 0.3 is 11.8 Å². The summed E-state index contributed by atoms with van der Waals surface area (Å²) in [6.07, 6.45) is 9.66. The molecule has 0 radical (unpaired) electrons. The SMILES string of the molecule is C[C@H]1CC[C@@H]2c3ccc4sc(nc4c3)C[C@@H]3CCN(C)C[C@H]3[n+]3cc(c4[nH]ncc4c3)NC(=O)C(=O)N2C1. The maximum atomic E-state index is 13.7. The zero-order valence-electron chi connectivity index (χ0n) is 21.7. The Balaban J connectivity index is 1.39. The van der Waals surface area contributed by atoms with E-state index in [2.05, 4.69) is 63.3 Å². The molecule has 2 N–H and O–H groups in total. The molecular formula is C28H32N7O2S+. The Hall–Kier alpha value is -3.37. The highest BCUT2D eigenvalue weighted by Gasteiger charge is 2.38. The first-order valence-corrected chi connectivity index (χ1v) is 14.3. The van der Waals surface area contributed by atoms with Crippen molar-refractivity contribution in [2.24, 2.45) is 11.8 Å². The molecule has 2 fully saturated rings. The molecule has 38 heavy (non-hydrogen) atoms. The van der Waals surface area contributed by atoms with Gasteiger partial charge in [-0.05, 0) is 56.5 Å². The van der Waals surface area contributed by atoms with Crippen molar-refractivity contribution >= 4 is 50.0 Å². The van der Waals surface area contributed by atoms with Gasteiger partial charge in [0.2, 0.25) is 0 Å². The van der Waals surface area contributed by atoms with E-state index < -0.39 is 11.8 Å². The smallest absolute Gasteiger partial charge is 0.314 e. The highest BCUT2D eigenvalue weighted by molar-refractivity contribution is 7.18. The number of nitrogens with zero attached hydrogens (tertiary/aromatic N) is 5. The summed E-state index contributed by atoms with van der Waals surface area (Å²) in [5.41, 5.74) is 3.35. The molecule has 0 aliphatic carbocycles. The predicted molar refractivity (Wildman–Crippen MR) is 146 cm³/mol. The second kappa shape index (κ2) is 9.13. The average molecular weight is 531 g/mol. The van der Waals surface area contributed by atoms with E-state index in [1.807, 2.05) is 6.20 Å². The van der Waals surface area contributed by atoms with Crippen molar-refractivity contribution in [3.63, 3.8) is 0 Å². The minimum Gasteiger partial charge on any atom is -0.327 e. The summed E-state index contributed by atoms with van der Waals surface area (Å²) in [6.45, 7) is 4.63. The van der Waals surface area contributed by atoms with Gasteiger partial charge in [-0.1, -0.05) is 13.0 Å². The second-order valence-electron chi connectivity index (χ2n) is 11.3. The van der Waals surface area contributed by atoms with Crippen molar-refractivity contribution in [2.45, 2.75) is 44.7 Å². The van der Waals surface area contributed by atoms with Crippen molar-refractivity contribution < 1.29 is 14.2 Å². The van der Waals surface area contributed by atoms with Crippen LogP contribution in [0.15, 0.2) is 36.8 Å². The number of likely N-dealkylation sites (N-methyl/N-ethyl adjacent to an activating group) is 1. The van der Waals surface area contributed by atoms with Crippen molar-refractivity contribution in [1.82, 2.24) is 25.0 Å². The number of piperidine rings is 2. The molecule has 196 valence electrons. The summed E-state index contributed by atoms with van der Waals surface area (Å²) in [6, 6.07) is 6.45. The molecule has 3 aliphatic heterocycles. The number of thiazole rings is 1. The third-order valence-electron chi connectivity index (χ3n) is 8.61. The number of fused-ring (bicyclic) bond motifs is 10. The number of nitrogens with one attached hydrogen (secondary N) is 2. The lowest BCUT2D eigenvalue weighted by Crippen LogP contribution is -2.53. The van der Waals surface area contributed by atoms with Crippen LogP contribution in [0.3, 0.4) is 0 Å². The van der Waals surface area contributed by atoms with Crippen LogP contribution in [0.25, 0.3) is 21.1 Å². The van der Waals surface area contributed by atoms with E-state index in [1.54, 1.807) is 22.4 Å². The minimum atomic E-state index is -0.612. The number of aromatic nitrogens is 4. The number of amides is 2. The molecule has 0 saturated carbocycles. The van der Waals surface area contributed by atoms with Crippen LogP contribution < -0.4 is 9.88 Å². The Kier molecular flexibility index (Phi) is 5.70. The summed E-state index contributed by atoms with van der Waals surface area (Å²) in [5, 5.41) is 12.3. The van der Waals surface area contributed by atoms with Crippen molar-refractivity contribution in [1.29, 1.82) is 0 Å². The maximum Gasteiger partial charge on any atom is 0.314 e. The molecule has 10 heteroatoms. The van der Waals surface area contributed by atoms with E-state index in [0.717, 1.165) is 65.8 Å². The van der Waals surface area contributed by atoms with Crippen LogP contribution in [0, 0.1) is 11.8 Å². The van der Waals surface area contributed by atoms with Crippen molar-refractivity contribution in [3.05, 3.63) is 47.4 Å². The van der Waals surface area contributed by atoms with Gasteiger partial charge in [-0.25, -0.2) is 4.98 Å². The Morgan fingerprint density at radius 1 is 1.13 bits per heavy atom. The van der Waals surface area contributed by atoms with Gasteiger partial charge in [0.15, 0.2) is 18.4 Å². The lowest BCUT2D eigenvalue weighted by Gasteiger charge is -2.38. The molecule has 3 aromatic heterocycles. The number of hydrogen-bond acceptors (Lipinski definition) is 6. The number of anilines is 1. The third kappa shape index (κ3) is 4.06. The number of pyridine rings is 1. The number of hydrogen-bond donors (Lipinski definition) is 2. The molecule has 5 bridgehead atoms. The summed E-state index contributed by atoms with van der Waals surface area (Å²) >= 11 is 1.78. The first-order chi connectivity index (χ1) is 18.4. The Morgan fingerprint density at radius 2 is 2.03 bits per heavy atom. The number of likely N-dealkylation sites (tertiary alicyclic amines) is 1. The average Bonchev–Trinajstić information content (AvgIpc) is 3.55. The van der Waals surface area contributed by atoms with Gasteiger partial charge in [-0.2, -0.15) is 9.67 Å². The van der Waals surface area contributed by atoms with Gasteiger partial charge in [0.25, 0.3) is 0 Å². The lowest BCUT2D eigenvalue weighted by molar-refractivity contribution is -0.729. The number of carbonyl (C=O) groups is 2. The predicted octanol–water partition coefficient (Wildman–Crippen LogP) is 3.45. The summed E-state index contributed by atoms with van der Waals surface area (Å²) in [5.74, 6) is -0.374. The summed E-state index contributed by atoms with van der Waals surface area (Å²) < 4.78 is 3.38. The number of H-pyrrole nitrogens is 1. The van der Waals surface area contributed by atoms with E-state index in [1.165, 1.54) is 4.70 Å². The van der Waals surface area contributed by atoms with Crippen LogP contribution in [0.5, 0.6) is 0 Å². The van der Waals surface area contributed by atoms with Gasteiger partial charge in [0.1, 0.15) is 11.2 Å². The fourth-order valence-electron chi connectivity index (χ4n) is 6.56. The van der Waals surface area contributed by atoms with E-state index in [9.17, 15) is 9.59 Å². The Bertz CT molecular complexity index is 1560. The van der Waals surface area contributed by atoms with Crippen LogP contribution in [-0.2, 0) is 16.0 Å². The molecule has 2 amide bonds. The molecule has 2 saturated heterocycles. The van der Waals surface area contributed by atoms with Crippen LogP contribution in [0.2, 0.25) is 0 Å². The van der Waals surface area contributed by atoms with E-state index >= 15 is 0 Å². The summed E-state index contributed by atoms with van der Waals surface area (Å²) in [4.78, 5) is 36.4. The van der Waals surface area contributed by atoms with Crippen molar-refractivity contribution in [2.75, 3.05) is 32.0 Å². The first-order valence-electron chi connectivity index (χ1n) is 13.5. The molecule has 6 heterocycles. The van der Waals surface area contributed by atoms with E-state index in [4.69, 9.17) is 4.98 Å².